The van der Waals surface area contributed by atoms with Crippen LogP contribution in [0.2, 0.25) is 0 Å². The summed E-state index contributed by atoms with van der Waals surface area (Å²) in [4.78, 5) is 17.6. The first-order chi connectivity index (χ1) is 9.64. The van der Waals surface area contributed by atoms with Crippen LogP contribution in [0.5, 0.6) is 0 Å². The quantitative estimate of drug-likeness (QED) is 0.908. The van der Waals surface area contributed by atoms with Crippen LogP contribution in [0.1, 0.15) is 42.2 Å². The molecule has 0 radical (unpaired) electrons. The van der Waals surface area contributed by atoms with Gasteiger partial charge in [-0.2, -0.15) is 13.2 Å². The van der Waals surface area contributed by atoms with Gasteiger partial charge in [-0.1, -0.05) is 13.8 Å². The average molecular weight is 303 g/mol. The van der Waals surface area contributed by atoms with Crippen LogP contribution in [0, 0.1) is 0 Å². The summed E-state index contributed by atoms with van der Waals surface area (Å²) in [6.45, 7) is 3.50. The van der Waals surface area contributed by atoms with Gasteiger partial charge in [-0.15, -0.1) is 0 Å². The molecule has 1 aromatic heterocycles. The molecule has 1 aromatic rings. The number of hydrogen-bond donors (Lipinski definition) is 1. The first kappa shape index (κ1) is 17.3. The molecule has 4 nitrogen and oxygen atoms in total. The molecule has 7 heteroatoms. The maximum atomic E-state index is 12.2. The highest BCUT2D eigenvalue weighted by Gasteiger charge is 2.28. The van der Waals surface area contributed by atoms with Crippen LogP contribution in [0.3, 0.4) is 0 Å². The van der Waals surface area contributed by atoms with Crippen LogP contribution < -0.4 is 5.32 Å². The molecule has 0 aliphatic carbocycles. The predicted octanol–water partition coefficient (Wildman–Crippen LogP) is 3.27. The molecule has 0 saturated heterocycles. The molecule has 1 N–H and O–H groups in total. The Kier molecular flexibility index (Phi) is 5.57. The van der Waals surface area contributed by atoms with Gasteiger partial charge in [0.05, 0.1) is 6.42 Å². The summed E-state index contributed by atoms with van der Waals surface area (Å²) in [5.74, 6) is 0.194. The number of nitrogens with one attached hydrogen (secondary N) is 1. The minimum Gasteiger partial charge on any atom is -0.373 e. The number of alkyl halides is 3. The van der Waals surface area contributed by atoms with E-state index >= 15 is 0 Å². The molecule has 118 valence electrons. The van der Waals surface area contributed by atoms with Crippen LogP contribution in [-0.2, 0) is 0 Å². The Morgan fingerprint density at radius 2 is 2.00 bits per heavy atom. The molecule has 1 heterocycles. The summed E-state index contributed by atoms with van der Waals surface area (Å²) >= 11 is 0. The fraction of sp³-hybridized carbons (Fsp3) is 0.571. The van der Waals surface area contributed by atoms with Crippen molar-refractivity contribution >= 4 is 11.7 Å². The average Bonchev–Trinajstić information content (AvgIpc) is 2.42. The number of hydrogen-bond acceptors (Lipinski definition) is 3. The third-order valence-electron chi connectivity index (χ3n) is 3.02. The monoisotopic (exact) mass is 303 g/mol. The Hall–Kier alpha value is -1.79. The van der Waals surface area contributed by atoms with Crippen molar-refractivity contribution in [2.45, 2.75) is 32.4 Å². The number of carbonyl (C=O) groups excluding carboxylic acids is 1. The van der Waals surface area contributed by atoms with E-state index in [0.717, 1.165) is 10.6 Å². The summed E-state index contributed by atoms with van der Waals surface area (Å²) < 4.78 is 36.6. The van der Waals surface area contributed by atoms with Crippen LogP contribution in [0.4, 0.5) is 19.0 Å². The molecule has 21 heavy (non-hydrogen) atoms. The van der Waals surface area contributed by atoms with E-state index < -0.39 is 18.5 Å². The molecule has 1 amide bonds. The summed E-state index contributed by atoms with van der Waals surface area (Å²) in [5.41, 5.74) is 1.05. The van der Waals surface area contributed by atoms with Crippen molar-refractivity contribution in [3.05, 3.63) is 23.4 Å². The third kappa shape index (κ3) is 5.24. The zero-order chi connectivity index (χ0) is 16.2. The smallest absolute Gasteiger partial charge is 0.373 e. The summed E-state index contributed by atoms with van der Waals surface area (Å²) in [5, 5.41) is 2.85. The van der Waals surface area contributed by atoms with Crippen molar-refractivity contribution in [2.24, 2.45) is 0 Å². The van der Waals surface area contributed by atoms with Gasteiger partial charge in [-0.05, 0) is 18.1 Å². The highest BCUT2D eigenvalue weighted by atomic mass is 19.4. The fourth-order valence-corrected chi connectivity index (χ4v) is 1.72. The number of carbonyl (C=O) groups is 1. The van der Waals surface area contributed by atoms with Gasteiger partial charge in [-0.25, -0.2) is 4.98 Å². The van der Waals surface area contributed by atoms with Crippen molar-refractivity contribution in [3.8, 4) is 0 Å². The van der Waals surface area contributed by atoms with Crippen molar-refractivity contribution in [3.63, 3.8) is 0 Å². The Morgan fingerprint density at radius 3 is 2.48 bits per heavy atom. The maximum absolute atomic E-state index is 12.2. The number of pyridine rings is 1. The van der Waals surface area contributed by atoms with Crippen molar-refractivity contribution in [1.82, 2.24) is 9.88 Å². The molecular weight excluding hydrogens is 283 g/mol. The van der Waals surface area contributed by atoms with Crippen LogP contribution in [0.15, 0.2) is 12.1 Å². The SMILES string of the molecule is CNc1cc(C(=O)N(C)CCC(F)(F)F)cc(C(C)C)n1. The molecule has 0 fully saturated rings. The number of halogens is 3. The van der Waals surface area contributed by atoms with Gasteiger partial charge in [0, 0.05) is 31.9 Å². The molecule has 0 aromatic carbocycles. The minimum absolute atomic E-state index is 0.116. The number of amides is 1. The van der Waals surface area contributed by atoms with Crippen LogP contribution >= 0.6 is 0 Å². The van der Waals surface area contributed by atoms with E-state index in [1.807, 2.05) is 13.8 Å². The van der Waals surface area contributed by atoms with Crippen molar-refractivity contribution in [1.29, 1.82) is 0 Å². The Labute approximate surface area is 122 Å². The van der Waals surface area contributed by atoms with E-state index in [-0.39, 0.29) is 12.5 Å². The first-order valence-corrected chi connectivity index (χ1v) is 6.66. The van der Waals surface area contributed by atoms with Gasteiger partial charge in [0.25, 0.3) is 5.91 Å². The molecule has 1 rings (SSSR count). The molecule has 0 unspecified atom stereocenters. The maximum Gasteiger partial charge on any atom is 0.390 e. The van der Waals surface area contributed by atoms with E-state index in [2.05, 4.69) is 10.3 Å². The normalized spacial score (nSPS) is 11.6. The topological polar surface area (TPSA) is 45.2 Å². The second kappa shape index (κ2) is 6.78. The van der Waals surface area contributed by atoms with Crippen LogP contribution in [0.25, 0.3) is 0 Å². The second-order valence-corrected chi connectivity index (χ2v) is 5.16. The Balaban J connectivity index is 2.93. The Morgan fingerprint density at radius 1 is 1.38 bits per heavy atom. The second-order valence-electron chi connectivity index (χ2n) is 5.16. The number of nitrogens with zero attached hydrogens (tertiary/aromatic N) is 2. The largest absolute Gasteiger partial charge is 0.390 e. The highest BCUT2D eigenvalue weighted by Crippen LogP contribution is 2.21. The van der Waals surface area contributed by atoms with E-state index in [4.69, 9.17) is 0 Å². The van der Waals surface area contributed by atoms with E-state index in [0.29, 0.717) is 11.4 Å². The minimum atomic E-state index is -4.27. The molecular formula is C14H20F3N3O. The van der Waals surface area contributed by atoms with E-state index in [1.165, 1.54) is 13.1 Å². The van der Waals surface area contributed by atoms with Gasteiger partial charge in [0.2, 0.25) is 0 Å². The molecule has 0 spiro atoms. The van der Waals surface area contributed by atoms with Crippen LogP contribution in [-0.4, -0.2) is 42.6 Å². The summed E-state index contributed by atoms with van der Waals surface area (Å²) in [6.07, 6.45) is -5.29. The van der Waals surface area contributed by atoms with Gasteiger partial charge in [-0.3, -0.25) is 4.79 Å². The van der Waals surface area contributed by atoms with E-state index in [9.17, 15) is 18.0 Å². The predicted molar refractivity (Wildman–Crippen MR) is 75.5 cm³/mol. The Bertz CT molecular complexity index is 501. The van der Waals surface area contributed by atoms with E-state index in [1.54, 1.807) is 13.1 Å². The van der Waals surface area contributed by atoms with Crippen molar-refractivity contribution in [2.75, 3.05) is 26.0 Å². The lowest BCUT2D eigenvalue weighted by Gasteiger charge is -2.19. The van der Waals surface area contributed by atoms with Gasteiger partial charge in [0.15, 0.2) is 0 Å². The number of aromatic nitrogens is 1. The summed E-state index contributed by atoms with van der Waals surface area (Å²) in [7, 11) is 3.04. The molecule has 0 atom stereocenters. The van der Waals surface area contributed by atoms with Gasteiger partial charge in [0.1, 0.15) is 5.82 Å². The molecule has 0 aliphatic rings. The molecule has 0 bridgehead atoms. The first-order valence-electron chi connectivity index (χ1n) is 6.66. The van der Waals surface area contributed by atoms with Crippen molar-refractivity contribution < 1.29 is 18.0 Å². The fourth-order valence-electron chi connectivity index (χ4n) is 1.72. The highest BCUT2D eigenvalue weighted by molar-refractivity contribution is 5.94. The zero-order valence-corrected chi connectivity index (χ0v) is 12.6. The number of rotatable bonds is 5. The van der Waals surface area contributed by atoms with Gasteiger partial charge < -0.3 is 10.2 Å². The lowest BCUT2D eigenvalue weighted by atomic mass is 10.1. The molecule has 0 aliphatic heterocycles. The lowest BCUT2D eigenvalue weighted by Crippen LogP contribution is -2.30. The summed E-state index contributed by atoms with van der Waals surface area (Å²) in [6, 6.07) is 3.16. The molecule has 0 saturated carbocycles. The zero-order valence-electron chi connectivity index (χ0n) is 12.6. The lowest BCUT2D eigenvalue weighted by molar-refractivity contribution is -0.136. The number of anilines is 1. The standard InChI is InChI=1S/C14H20F3N3O/c1-9(2)11-7-10(8-12(18-3)19-11)13(21)20(4)6-5-14(15,16)17/h7-9H,5-6H2,1-4H3,(H,18,19). The van der Waals surface area contributed by atoms with Gasteiger partial charge >= 0.3 is 6.18 Å². The third-order valence-corrected chi connectivity index (χ3v) is 3.02.